The van der Waals surface area contributed by atoms with Gasteiger partial charge < -0.3 is 14.1 Å². The van der Waals surface area contributed by atoms with Crippen LogP contribution in [0.5, 0.6) is 0 Å². The van der Waals surface area contributed by atoms with Gasteiger partial charge in [0.25, 0.3) is 5.91 Å². The van der Waals surface area contributed by atoms with Crippen molar-refractivity contribution in [2.24, 2.45) is 0 Å². The van der Waals surface area contributed by atoms with Gasteiger partial charge in [0.05, 0.1) is 26.3 Å². The standard InChI is InChI=1S/C16H16BrNO4/c1-21-15(19)8-9-18(11-14-3-2-10-22-14)16(20)12-4-6-13(17)7-5-12/h2-7,10H,8-9,11H2,1H3. The molecule has 0 spiro atoms. The highest BCUT2D eigenvalue weighted by molar-refractivity contribution is 9.10. The Morgan fingerprint density at radius 1 is 1.23 bits per heavy atom. The first-order chi connectivity index (χ1) is 10.6. The van der Waals surface area contributed by atoms with Crippen LogP contribution in [0.3, 0.4) is 0 Å². The molecule has 0 aliphatic rings. The first-order valence-electron chi connectivity index (χ1n) is 6.74. The van der Waals surface area contributed by atoms with Gasteiger partial charge in [0.1, 0.15) is 5.76 Å². The molecule has 5 nitrogen and oxygen atoms in total. The van der Waals surface area contributed by atoms with Gasteiger partial charge in [-0.15, -0.1) is 0 Å². The monoisotopic (exact) mass is 365 g/mol. The molecule has 22 heavy (non-hydrogen) atoms. The van der Waals surface area contributed by atoms with E-state index in [4.69, 9.17) is 4.42 Å². The molecule has 1 aromatic carbocycles. The molecule has 2 rings (SSSR count). The van der Waals surface area contributed by atoms with E-state index < -0.39 is 0 Å². The summed E-state index contributed by atoms with van der Waals surface area (Å²) in [7, 11) is 1.33. The minimum absolute atomic E-state index is 0.138. The molecule has 1 heterocycles. The largest absolute Gasteiger partial charge is 0.469 e. The summed E-state index contributed by atoms with van der Waals surface area (Å²) in [6.45, 7) is 0.571. The smallest absolute Gasteiger partial charge is 0.307 e. The van der Waals surface area contributed by atoms with Crippen LogP contribution in [-0.4, -0.2) is 30.4 Å². The zero-order valence-corrected chi connectivity index (χ0v) is 13.7. The molecule has 2 aromatic rings. The van der Waals surface area contributed by atoms with Gasteiger partial charge >= 0.3 is 5.97 Å². The SMILES string of the molecule is COC(=O)CCN(Cc1ccco1)C(=O)c1ccc(Br)cc1. The first kappa shape index (κ1) is 16.3. The number of hydrogen-bond donors (Lipinski definition) is 0. The summed E-state index contributed by atoms with van der Waals surface area (Å²) in [5.74, 6) is 0.149. The fourth-order valence-corrected chi connectivity index (χ4v) is 2.21. The van der Waals surface area contributed by atoms with Crippen LogP contribution in [0.1, 0.15) is 22.5 Å². The van der Waals surface area contributed by atoms with Gasteiger partial charge in [0, 0.05) is 16.6 Å². The predicted molar refractivity (Wildman–Crippen MR) is 84.2 cm³/mol. The molecule has 0 unspecified atom stereocenters. The van der Waals surface area contributed by atoms with Crippen LogP contribution in [0.25, 0.3) is 0 Å². The number of methoxy groups -OCH3 is 1. The van der Waals surface area contributed by atoms with Crippen LogP contribution in [0, 0.1) is 0 Å². The fraction of sp³-hybridized carbons (Fsp3) is 0.250. The lowest BCUT2D eigenvalue weighted by atomic mass is 10.2. The van der Waals surface area contributed by atoms with Crippen molar-refractivity contribution in [3.8, 4) is 0 Å². The highest BCUT2D eigenvalue weighted by atomic mass is 79.9. The Morgan fingerprint density at radius 3 is 2.55 bits per heavy atom. The van der Waals surface area contributed by atoms with E-state index in [1.807, 2.05) is 0 Å². The fourth-order valence-electron chi connectivity index (χ4n) is 1.95. The number of rotatable bonds is 6. The molecular formula is C16H16BrNO4. The third kappa shape index (κ3) is 4.46. The van der Waals surface area contributed by atoms with E-state index in [0.29, 0.717) is 17.9 Å². The predicted octanol–water partition coefficient (Wildman–Crippen LogP) is 3.25. The van der Waals surface area contributed by atoms with E-state index in [1.165, 1.54) is 7.11 Å². The van der Waals surface area contributed by atoms with E-state index in [-0.39, 0.29) is 24.8 Å². The highest BCUT2D eigenvalue weighted by Crippen LogP contribution is 2.15. The lowest BCUT2D eigenvalue weighted by Gasteiger charge is -2.21. The Labute approximate surface area is 137 Å². The molecule has 0 radical (unpaired) electrons. The molecule has 0 N–H and O–H groups in total. The Balaban J connectivity index is 2.12. The molecule has 6 heteroatoms. The molecule has 116 valence electrons. The number of amides is 1. The maximum atomic E-state index is 12.6. The van der Waals surface area contributed by atoms with Crippen molar-refractivity contribution in [3.63, 3.8) is 0 Å². The van der Waals surface area contributed by atoms with E-state index in [0.717, 1.165) is 4.47 Å². The van der Waals surface area contributed by atoms with Crippen LogP contribution in [-0.2, 0) is 16.1 Å². The van der Waals surface area contributed by atoms with Gasteiger partial charge in [-0.05, 0) is 36.4 Å². The van der Waals surface area contributed by atoms with Gasteiger partial charge in [-0.2, -0.15) is 0 Å². The number of carbonyl (C=O) groups excluding carboxylic acids is 2. The third-order valence-corrected chi connectivity index (χ3v) is 3.65. The molecule has 1 amide bonds. The number of hydrogen-bond acceptors (Lipinski definition) is 4. The van der Waals surface area contributed by atoms with Crippen LogP contribution < -0.4 is 0 Å². The molecule has 0 aliphatic heterocycles. The summed E-state index contributed by atoms with van der Waals surface area (Å²) in [6, 6.07) is 10.6. The van der Waals surface area contributed by atoms with Crippen molar-refractivity contribution in [1.82, 2.24) is 4.90 Å². The second-order valence-electron chi connectivity index (χ2n) is 4.64. The van der Waals surface area contributed by atoms with Crippen molar-refractivity contribution in [2.45, 2.75) is 13.0 Å². The summed E-state index contributed by atoms with van der Waals surface area (Å²) in [5, 5.41) is 0. The van der Waals surface area contributed by atoms with Crippen LogP contribution >= 0.6 is 15.9 Å². The number of ether oxygens (including phenoxy) is 1. The normalized spacial score (nSPS) is 10.3. The Morgan fingerprint density at radius 2 is 1.95 bits per heavy atom. The average Bonchev–Trinajstić information content (AvgIpc) is 3.04. The Kier molecular flexibility index (Phi) is 5.77. The third-order valence-electron chi connectivity index (χ3n) is 3.12. The summed E-state index contributed by atoms with van der Waals surface area (Å²) in [4.78, 5) is 25.5. The maximum Gasteiger partial charge on any atom is 0.307 e. The number of nitrogens with zero attached hydrogens (tertiary/aromatic N) is 1. The maximum absolute atomic E-state index is 12.6. The molecule has 0 bridgehead atoms. The molecule has 0 saturated carbocycles. The van der Waals surface area contributed by atoms with Crippen molar-refractivity contribution in [1.29, 1.82) is 0 Å². The average molecular weight is 366 g/mol. The lowest BCUT2D eigenvalue weighted by molar-refractivity contribution is -0.140. The zero-order chi connectivity index (χ0) is 15.9. The van der Waals surface area contributed by atoms with Gasteiger partial charge in [0.2, 0.25) is 0 Å². The van der Waals surface area contributed by atoms with Crippen molar-refractivity contribution in [3.05, 3.63) is 58.5 Å². The van der Waals surface area contributed by atoms with E-state index >= 15 is 0 Å². The molecule has 0 fully saturated rings. The van der Waals surface area contributed by atoms with E-state index in [2.05, 4.69) is 20.7 Å². The molecular weight excluding hydrogens is 350 g/mol. The van der Waals surface area contributed by atoms with E-state index in [1.54, 1.807) is 47.6 Å². The quantitative estimate of drug-likeness (QED) is 0.737. The summed E-state index contributed by atoms with van der Waals surface area (Å²) in [6.07, 6.45) is 1.69. The van der Waals surface area contributed by atoms with Crippen LogP contribution in [0.2, 0.25) is 0 Å². The second-order valence-corrected chi connectivity index (χ2v) is 5.55. The first-order valence-corrected chi connectivity index (χ1v) is 7.53. The highest BCUT2D eigenvalue weighted by Gasteiger charge is 2.18. The minimum atomic E-state index is -0.354. The van der Waals surface area contributed by atoms with Gasteiger partial charge in [-0.3, -0.25) is 9.59 Å². The summed E-state index contributed by atoms with van der Waals surface area (Å²) in [5.41, 5.74) is 0.555. The van der Waals surface area contributed by atoms with Crippen LogP contribution in [0.4, 0.5) is 0 Å². The summed E-state index contributed by atoms with van der Waals surface area (Å²) >= 11 is 3.34. The van der Waals surface area contributed by atoms with Gasteiger partial charge in [-0.25, -0.2) is 0 Å². The number of furan rings is 1. The topological polar surface area (TPSA) is 59.8 Å². The number of halogens is 1. The van der Waals surface area contributed by atoms with Gasteiger partial charge in [0.15, 0.2) is 0 Å². The molecule has 1 aromatic heterocycles. The summed E-state index contributed by atoms with van der Waals surface area (Å²) < 4.78 is 10.8. The Bertz CT molecular complexity index is 622. The van der Waals surface area contributed by atoms with E-state index in [9.17, 15) is 9.59 Å². The minimum Gasteiger partial charge on any atom is -0.469 e. The second kappa shape index (κ2) is 7.79. The van der Waals surface area contributed by atoms with Crippen molar-refractivity contribution in [2.75, 3.05) is 13.7 Å². The zero-order valence-electron chi connectivity index (χ0n) is 12.1. The molecule has 0 aliphatic carbocycles. The number of esters is 1. The Hall–Kier alpha value is -2.08. The van der Waals surface area contributed by atoms with Gasteiger partial charge in [-0.1, -0.05) is 15.9 Å². The van der Waals surface area contributed by atoms with Crippen molar-refractivity contribution < 1.29 is 18.7 Å². The molecule has 0 saturated heterocycles. The van der Waals surface area contributed by atoms with Crippen LogP contribution in [0.15, 0.2) is 51.6 Å². The number of carbonyl (C=O) groups is 2. The lowest BCUT2D eigenvalue weighted by Crippen LogP contribution is -2.32. The molecule has 0 atom stereocenters. The van der Waals surface area contributed by atoms with Crippen molar-refractivity contribution >= 4 is 27.8 Å². The number of benzene rings is 1.